The zero-order chi connectivity index (χ0) is 9.26. The quantitative estimate of drug-likeness (QED) is 0.658. The molecule has 0 amide bonds. The summed E-state index contributed by atoms with van der Waals surface area (Å²) in [6, 6.07) is 6.07. The van der Waals surface area contributed by atoms with Crippen molar-refractivity contribution in [2.24, 2.45) is 0 Å². The first-order valence-electron chi connectivity index (χ1n) is 4.41. The minimum atomic E-state index is 0.632. The van der Waals surface area contributed by atoms with E-state index in [0.29, 0.717) is 13.2 Å². The fraction of sp³-hybridized carbons (Fsp3) is 0.400. The third-order valence-corrected chi connectivity index (χ3v) is 2.27. The summed E-state index contributed by atoms with van der Waals surface area (Å²) < 4.78 is 0. The van der Waals surface area contributed by atoms with Crippen LogP contribution in [0.2, 0.25) is 0 Å². The molecule has 0 unspecified atom stereocenters. The number of aryl methyl sites for hydroxylation is 1. The first-order valence-corrected chi connectivity index (χ1v) is 4.41. The third kappa shape index (κ3) is 1.53. The summed E-state index contributed by atoms with van der Waals surface area (Å²) in [4.78, 5) is 10.6. The molecule has 3 nitrogen and oxygen atoms in total. The molecule has 0 saturated carbocycles. The van der Waals surface area contributed by atoms with Crippen LogP contribution in [0.15, 0.2) is 18.2 Å². The van der Waals surface area contributed by atoms with Gasteiger partial charge in [-0.15, -0.1) is 5.23 Å². The molecule has 0 spiro atoms. The summed E-state index contributed by atoms with van der Waals surface area (Å²) >= 11 is 0. The van der Waals surface area contributed by atoms with E-state index in [1.807, 2.05) is 12.1 Å². The highest BCUT2D eigenvalue weighted by molar-refractivity contribution is 5.52. The lowest BCUT2D eigenvalue weighted by Crippen LogP contribution is -2.15. The molecule has 0 radical (unpaired) electrons. The van der Waals surface area contributed by atoms with E-state index in [1.165, 1.54) is 16.4 Å². The van der Waals surface area contributed by atoms with E-state index in [0.717, 1.165) is 5.69 Å². The standard InChI is InChI=1S/C10H13NO2/c1-8-4-3-5-10(9(8)2)11-12-6-7-13-11/h3-5H,6-7H2,1-2H3. The Morgan fingerprint density at radius 2 is 1.85 bits per heavy atom. The van der Waals surface area contributed by atoms with Gasteiger partial charge in [0.1, 0.15) is 13.2 Å². The van der Waals surface area contributed by atoms with E-state index >= 15 is 0 Å². The van der Waals surface area contributed by atoms with Gasteiger partial charge in [0.25, 0.3) is 0 Å². The molecule has 0 N–H and O–H groups in total. The van der Waals surface area contributed by atoms with Crippen LogP contribution in [0.3, 0.4) is 0 Å². The molecule has 1 aliphatic heterocycles. The maximum absolute atomic E-state index is 5.29. The molecule has 13 heavy (non-hydrogen) atoms. The summed E-state index contributed by atoms with van der Waals surface area (Å²) in [6.07, 6.45) is 0. The van der Waals surface area contributed by atoms with Gasteiger partial charge in [-0.3, -0.25) is 0 Å². The molecule has 1 aromatic carbocycles. The lowest BCUT2D eigenvalue weighted by atomic mass is 10.1. The molecule has 1 saturated heterocycles. The molecule has 2 rings (SSSR count). The highest BCUT2D eigenvalue weighted by atomic mass is 17.0. The molecule has 0 aromatic heterocycles. The molecule has 1 fully saturated rings. The Labute approximate surface area is 77.8 Å². The van der Waals surface area contributed by atoms with Crippen molar-refractivity contribution in [2.45, 2.75) is 13.8 Å². The van der Waals surface area contributed by atoms with Gasteiger partial charge >= 0.3 is 0 Å². The van der Waals surface area contributed by atoms with E-state index < -0.39 is 0 Å². The monoisotopic (exact) mass is 179 g/mol. The molecule has 1 aliphatic rings. The average molecular weight is 179 g/mol. The normalized spacial score (nSPS) is 16.6. The van der Waals surface area contributed by atoms with Crippen LogP contribution in [0, 0.1) is 13.8 Å². The Morgan fingerprint density at radius 1 is 1.15 bits per heavy atom. The molecule has 1 heterocycles. The summed E-state index contributed by atoms with van der Waals surface area (Å²) in [5.41, 5.74) is 3.44. The molecule has 0 bridgehead atoms. The minimum absolute atomic E-state index is 0.632. The largest absolute Gasteiger partial charge is 0.246 e. The van der Waals surface area contributed by atoms with Crippen LogP contribution in [0.1, 0.15) is 11.1 Å². The van der Waals surface area contributed by atoms with Gasteiger partial charge in [0.15, 0.2) is 0 Å². The maximum atomic E-state index is 5.29. The number of rotatable bonds is 1. The lowest BCUT2D eigenvalue weighted by molar-refractivity contribution is 0.0235. The number of benzene rings is 1. The second-order valence-electron chi connectivity index (χ2n) is 3.14. The minimum Gasteiger partial charge on any atom is -0.246 e. The van der Waals surface area contributed by atoms with E-state index in [1.54, 1.807) is 0 Å². The van der Waals surface area contributed by atoms with Crippen molar-refractivity contribution in [2.75, 3.05) is 18.4 Å². The molecule has 3 heteroatoms. The topological polar surface area (TPSA) is 21.7 Å². The number of hydrogen-bond donors (Lipinski definition) is 0. The number of hydrogen-bond acceptors (Lipinski definition) is 3. The highest BCUT2D eigenvalue weighted by Crippen LogP contribution is 2.24. The zero-order valence-corrected chi connectivity index (χ0v) is 7.91. The van der Waals surface area contributed by atoms with Crippen molar-refractivity contribution in [3.63, 3.8) is 0 Å². The van der Waals surface area contributed by atoms with Gasteiger partial charge in [-0.1, -0.05) is 12.1 Å². The van der Waals surface area contributed by atoms with Crippen LogP contribution >= 0.6 is 0 Å². The molecular formula is C10H13NO2. The SMILES string of the molecule is Cc1cccc(N2OCCO2)c1C. The Hall–Kier alpha value is -1.06. The van der Waals surface area contributed by atoms with Crippen molar-refractivity contribution >= 4 is 5.69 Å². The summed E-state index contributed by atoms with van der Waals surface area (Å²) in [5.74, 6) is 0. The van der Waals surface area contributed by atoms with Gasteiger partial charge in [0, 0.05) is 0 Å². The van der Waals surface area contributed by atoms with Gasteiger partial charge in [-0.2, -0.15) is 0 Å². The second kappa shape index (κ2) is 3.36. The molecular weight excluding hydrogens is 166 g/mol. The Balaban J connectivity index is 2.33. The van der Waals surface area contributed by atoms with Crippen LogP contribution in [-0.2, 0) is 9.68 Å². The fourth-order valence-electron chi connectivity index (χ4n) is 1.35. The van der Waals surface area contributed by atoms with Crippen molar-refractivity contribution in [1.29, 1.82) is 0 Å². The molecule has 0 atom stereocenters. The Kier molecular flexibility index (Phi) is 2.20. The van der Waals surface area contributed by atoms with Crippen molar-refractivity contribution in [3.8, 4) is 0 Å². The predicted molar refractivity (Wildman–Crippen MR) is 50.3 cm³/mol. The first kappa shape index (κ1) is 8.53. The van der Waals surface area contributed by atoms with E-state index in [-0.39, 0.29) is 0 Å². The van der Waals surface area contributed by atoms with Crippen LogP contribution in [0.5, 0.6) is 0 Å². The maximum Gasteiger partial charge on any atom is 0.104 e. The van der Waals surface area contributed by atoms with Gasteiger partial charge in [-0.05, 0) is 31.0 Å². The van der Waals surface area contributed by atoms with Gasteiger partial charge in [0.05, 0.1) is 5.69 Å². The Morgan fingerprint density at radius 3 is 2.54 bits per heavy atom. The number of anilines is 1. The summed E-state index contributed by atoms with van der Waals surface area (Å²) in [6.45, 7) is 5.41. The van der Waals surface area contributed by atoms with Gasteiger partial charge in [-0.25, -0.2) is 9.68 Å². The van der Waals surface area contributed by atoms with Crippen LogP contribution < -0.4 is 5.23 Å². The van der Waals surface area contributed by atoms with Gasteiger partial charge in [0.2, 0.25) is 0 Å². The van der Waals surface area contributed by atoms with Crippen LogP contribution in [0.4, 0.5) is 5.69 Å². The van der Waals surface area contributed by atoms with Crippen molar-refractivity contribution < 1.29 is 9.68 Å². The summed E-state index contributed by atoms with van der Waals surface area (Å²) in [7, 11) is 0. The van der Waals surface area contributed by atoms with E-state index in [9.17, 15) is 0 Å². The molecule has 70 valence electrons. The Bertz CT molecular complexity index is 306. The van der Waals surface area contributed by atoms with E-state index in [2.05, 4.69) is 19.9 Å². The van der Waals surface area contributed by atoms with E-state index in [4.69, 9.17) is 9.68 Å². The average Bonchev–Trinajstić information content (AvgIpc) is 2.62. The van der Waals surface area contributed by atoms with Crippen LogP contribution in [-0.4, -0.2) is 13.2 Å². The zero-order valence-electron chi connectivity index (χ0n) is 7.91. The second-order valence-corrected chi connectivity index (χ2v) is 3.14. The van der Waals surface area contributed by atoms with Crippen molar-refractivity contribution in [1.82, 2.24) is 0 Å². The lowest BCUT2D eigenvalue weighted by Gasteiger charge is -2.17. The van der Waals surface area contributed by atoms with Gasteiger partial charge < -0.3 is 0 Å². The van der Waals surface area contributed by atoms with Crippen molar-refractivity contribution in [3.05, 3.63) is 29.3 Å². The molecule has 1 aromatic rings. The van der Waals surface area contributed by atoms with Crippen LogP contribution in [0.25, 0.3) is 0 Å². The molecule has 0 aliphatic carbocycles. The fourth-order valence-corrected chi connectivity index (χ4v) is 1.35. The summed E-state index contributed by atoms with van der Waals surface area (Å²) in [5, 5.41) is 1.50. The highest BCUT2D eigenvalue weighted by Gasteiger charge is 2.16. The first-order chi connectivity index (χ1) is 6.29. The smallest absolute Gasteiger partial charge is 0.104 e. The number of nitrogens with zero attached hydrogens (tertiary/aromatic N) is 1. The predicted octanol–water partition coefficient (Wildman–Crippen LogP) is 1.99. The third-order valence-electron chi connectivity index (χ3n) is 2.27.